The molecule has 116 valence electrons. The number of anilines is 2. The Bertz CT molecular complexity index is 901. The molecule has 7 heteroatoms. The zero-order valence-corrected chi connectivity index (χ0v) is 12.3. The number of hydrogen-bond acceptors (Lipinski definition) is 4. The van der Waals surface area contributed by atoms with Gasteiger partial charge < -0.3 is 20.7 Å². The molecule has 2 amide bonds. The first-order valence-electron chi connectivity index (χ1n) is 6.88. The molecule has 0 bridgehead atoms. The highest BCUT2D eigenvalue weighted by Gasteiger charge is 2.16. The molecule has 2 aromatic carbocycles. The first kappa shape index (κ1) is 14.6. The van der Waals surface area contributed by atoms with Crippen LogP contribution in [-0.2, 0) is 9.59 Å². The monoisotopic (exact) mass is 310 g/mol. The van der Waals surface area contributed by atoms with E-state index in [-0.39, 0.29) is 11.4 Å². The first-order valence-corrected chi connectivity index (χ1v) is 6.88. The minimum Gasteiger partial charge on any atom is -0.506 e. The number of benzene rings is 2. The summed E-state index contributed by atoms with van der Waals surface area (Å²) in [5, 5.41) is 14.6. The summed E-state index contributed by atoms with van der Waals surface area (Å²) in [6.45, 7) is 1.81. The van der Waals surface area contributed by atoms with Crippen molar-refractivity contribution >= 4 is 34.2 Å². The van der Waals surface area contributed by atoms with Gasteiger partial charge in [-0.05, 0) is 42.8 Å². The van der Waals surface area contributed by atoms with Crippen LogP contribution in [0.3, 0.4) is 0 Å². The number of hydrogen-bond donors (Lipinski definition) is 4. The fourth-order valence-electron chi connectivity index (χ4n) is 2.13. The molecule has 3 rings (SSSR count). The van der Waals surface area contributed by atoms with E-state index in [1.165, 1.54) is 12.1 Å². The zero-order valence-electron chi connectivity index (χ0n) is 12.3. The number of aryl methyl sites for hydroxylation is 1. The number of aromatic nitrogens is 2. The fraction of sp³-hybridized carbons (Fsp3) is 0.0625. The minimum absolute atomic E-state index is 0.0926. The van der Waals surface area contributed by atoms with E-state index >= 15 is 0 Å². The van der Waals surface area contributed by atoms with E-state index in [0.29, 0.717) is 5.69 Å². The average molecular weight is 310 g/mol. The van der Waals surface area contributed by atoms with Gasteiger partial charge in [-0.1, -0.05) is 6.07 Å². The summed E-state index contributed by atoms with van der Waals surface area (Å²) in [6.07, 6.45) is 1.54. The number of H-pyrrole nitrogens is 1. The maximum Gasteiger partial charge on any atom is 0.314 e. The van der Waals surface area contributed by atoms with Gasteiger partial charge in [0.15, 0.2) is 0 Å². The van der Waals surface area contributed by atoms with Crippen molar-refractivity contribution < 1.29 is 14.7 Å². The Morgan fingerprint density at radius 2 is 1.87 bits per heavy atom. The van der Waals surface area contributed by atoms with Gasteiger partial charge in [-0.25, -0.2) is 4.98 Å². The van der Waals surface area contributed by atoms with E-state index in [1.807, 2.05) is 6.92 Å². The van der Waals surface area contributed by atoms with Crippen molar-refractivity contribution in [3.63, 3.8) is 0 Å². The van der Waals surface area contributed by atoms with E-state index in [4.69, 9.17) is 0 Å². The van der Waals surface area contributed by atoms with Crippen LogP contribution in [0.15, 0.2) is 42.7 Å². The van der Waals surface area contributed by atoms with Crippen LogP contribution in [0.4, 0.5) is 11.4 Å². The molecular formula is C16H14N4O3. The van der Waals surface area contributed by atoms with Crippen LogP contribution < -0.4 is 10.6 Å². The van der Waals surface area contributed by atoms with Crippen LogP contribution in [0, 0.1) is 6.92 Å². The molecule has 1 aromatic heterocycles. The number of aromatic amines is 1. The number of phenolic OH excluding ortho intramolecular Hbond substituents is 1. The third-order valence-corrected chi connectivity index (χ3v) is 3.29. The lowest BCUT2D eigenvalue weighted by molar-refractivity contribution is -0.133. The van der Waals surface area contributed by atoms with Crippen molar-refractivity contribution in [3.8, 4) is 5.75 Å². The van der Waals surface area contributed by atoms with Gasteiger partial charge >= 0.3 is 11.8 Å². The highest BCUT2D eigenvalue weighted by molar-refractivity contribution is 6.43. The van der Waals surface area contributed by atoms with E-state index in [2.05, 4.69) is 20.6 Å². The lowest BCUT2D eigenvalue weighted by Gasteiger charge is -2.08. The second-order valence-electron chi connectivity index (χ2n) is 5.06. The maximum absolute atomic E-state index is 11.9. The van der Waals surface area contributed by atoms with Gasteiger partial charge in [-0.3, -0.25) is 9.59 Å². The third kappa shape index (κ3) is 3.13. The number of fused-ring (bicyclic) bond motifs is 1. The van der Waals surface area contributed by atoms with Gasteiger partial charge in [0.25, 0.3) is 0 Å². The SMILES string of the molecule is Cc1ccc(NC(=O)C(=O)Nc2ccc3nc[nH]c3c2)c(O)c1. The molecule has 3 aromatic rings. The van der Waals surface area contributed by atoms with Gasteiger partial charge in [0.05, 0.1) is 23.0 Å². The number of aromatic hydroxyl groups is 1. The molecule has 0 aliphatic rings. The van der Waals surface area contributed by atoms with Crippen LogP contribution in [0.5, 0.6) is 5.75 Å². The van der Waals surface area contributed by atoms with Crippen molar-refractivity contribution in [2.75, 3.05) is 10.6 Å². The normalized spacial score (nSPS) is 10.5. The molecule has 4 N–H and O–H groups in total. The smallest absolute Gasteiger partial charge is 0.314 e. The summed E-state index contributed by atoms with van der Waals surface area (Å²) in [5.41, 5.74) is 3.00. The number of amides is 2. The summed E-state index contributed by atoms with van der Waals surface area (Å²) in [5.74, 6) is -1.79. The molecule has 0 saturated heterocycles. The number of carbonyl (C=O) groups is 2. The summed E-state index contributed by atoms with van der Waals surface area (Å²) in [7, 11) is 0. The van der Waals surface area contributed by atoms with E-state index in [9.17, 15) is 14.7 Å². The summed E-state index contributed by atoms with van der Waals surface area (Å²) >= 11 is 0. The van der Waals surface area contributed by atoms with Crippen molar-refractivity contribution in [3.05, 3.63) is 48.3 Å². The molecule has 7 nitrogen and oxygen atoms in total. The van der Waals surface area contributed by atoms with Crippen molar-refractivity contribution in [1.82, 2.24) is 9.97 Å². The minimum atomic E-state index is -0.867. The highest BCUT2D eigenvalue weighted by atomic mass is 16.3. The Morgan fingerprint density at radius 1 is 1.09 bits per heavy atom. The quantitative estimate of drug-likeness (QED) is 0.430. The number of nitrogens with one attached hydrogen (secondary N) is 3. The lowest BCUT2D eigenvalue weighted by Crippen LogP contribution is -2.29. The van der Waals surface area contributed by atoms with Crippen LogP contribution in [0.1, 0.15) is 5.56 Å². The maximum atomic E-state index is 11.9. The molecule has 0 fully saturated rings. The van der Waals surface area contributed by atoms with E-state index in [0.717, 1.165) is 16.6 Å². The summed E-state index contributed by atoms with van der Waals surface area (Å²) in [4.78, 5) is 30.8. The predicted molar refractivity (Wildman–Crippen MR) is 86.2 cm³/mol. The second-order valence-corrected chi connectivity index (χ2v) is 5.06. The molecule has 23 heavy (non-hydrogen) atoms. The van der Waals surface area contributed by atoms with Crippen molar-refractivity contribution in [2.45, 2.75) is 6.92 Å². The van der Waals surface area contributed by atoms with E-state index < -0.39 is 11.8 Å². The molecular weight excluding hydrogens is 296 g/mol. The molecule has 0 radical (unpaired) electrons. The number of imidazole rings is 1. The first-order chi connectivity index (χ1) is 11.0. The topological polar surface area (TPSA) is 107 Å². The molecule has 0 aliphatic heterocycles. The van der Waals surface area contributed by atoms with Crippen LogP contribution in [-0.4, -0.2) is 26.9 Å². The molecule has 0 atom stereocenters. The van der Waals surface area contributed by atoms with Crippen molar-refractivity contribution in [2.24, 2.45) is 0 Å². The van der Waals surface area contributed by atoms with Crippen LogP contribution in [0.25, 0.3) is 11.0 Å². The molecule has 0 aliphatic carbocycles. The number of nitrogens with zero attached hydrogens (tertiary/aromatic N) is 1. The molecule has 1 heterocycles. The molecule has 0 spiro atoms. The summed E-state index contributed by atoms with van der Waals surface area (Å²) in [6, 6.07) is 9.81. The van der Waals surface area contributed by atoms with Crippen molar-refractivity contribution in [1.29, 1.82) is 0 Å². The Balaban J connectivity index is 1.70. The predicted octanol–water partition coefficient (Wildman–Crippen LogP) is 2.15. The number of carbonyl (C=O) groups excluding carboxylic acids is 2. The largest absolute Gasteiger partial charge is 0.506 e. The van der Waals surface area contributed by atoms with Gasteiger partial charge in [0, 0.05) is 5.69 Å². The Labute approximate surface area is 131 Å². The lowest BCUT2D eigenvalue weighted by atomic mass is 10.2. The zero-order chi connectivity index (χ0) is 16.4. The van der Waals surface area contributed by atoms with Crippen LogP contribution in [0.2, 0.25) is 0 Å². The highest BCUT2D eigenvalue weighted by Crippen LogP contribution is 2.23. The van der Waals surface area contributed by atoms with E-state index in [1.54, 1.807) is 30.6 Å². The van der Waals surface area contributed by atoms with Gasteiger partial charge in [-0.2, -0.15) is 0 Å². The number of phenols is 1. The Morgan fingerprint density at radius 3 is 2.65 bits per heavy atom. The Hall–Kier alpha value is -3.35. The number of rotatable bonds is 2. The standard InChI is InChI=1S/C16H14N4O3/c1-9-2-4-12(14(21)6-9)20-16(23)15(22)19-10-3-5-11-13(7-10)18-8-17-11/h2-8,21H,1H3,(H,17,18)(H,19,22)(H,20,23). The van der Waals surface area contributed by atoms with Gasteiger partial charge in [0.1, 0.15) is 5.75 Å². The molecule has 0 saturated carbocycles. The average Bonchev–Trinajstić information content (AvgIpc) is 2.97. The second kappa shape index (κ2) is 5.80. The Kier molecular flexibility index (Phi) is 3.68. The third-order valence-electron chi connectivity index (χ3n) is 3.29. The summed E-state index contributed by atoms with van der Waals surface area (Å²) < 4.78 is 0. The molecule has 0 unspecified atom stereocenters. The van der Waals surface area contributed by atoms with Crippen LogP contribution >= 0.6 is 0 Å². The fourth-order valence-corrected chi connectivity index (χ4v) is 2.13. The van der Waals surface area contributed by atoms with Gasteiger partial charge in [-0.15, -0.1) is 0 Å². The van der Waals surface area contributed by atoms with Gasteiger partial charge in [0.2, 0.25) is 0 Å².